The normalized spacial score (nSPS) is 19.5. The van der Waals surface area contributed by atoms with Gasteiger partial charge < -0.3 is 10.3 Å². The Hall–Kier alpha value is -1.42. The predicted octanol–water partition coefficient (Wildman–Crippen LogP) is 2.30. The van der Waals surface area contributed by atoms with Crippen LogP contribution in [-0.4, -0.2) is 9.55 Å². The molecule has 1 aromatic carbocycles. The van der Waals surface area contributed by atoms with Crippen LogP contribution in [0.3, 0.4) is 0 Å². The van der Waals surface area contributed by atoms with Gasteiger partial charge >= 0.3 is 0 Å². The number of rotatable bonds is 2. The summed E-state index contributed by atoms with van der Waals surface area (Å²) in [6, 6.07) is 4.65. The molecule has 1 fully saturated rings. The van der Waals surface area contributed by atoms with Crippen LogP contribution in [0.25, 0.3) is 11.0 Å². The summed E-state index contributed by atoms with van der Waals surface area (Å²) in [5.41, 5.74) is 7.57. The van der Waals surface area contributed by atoms with Crippen LogP contribution >= 0.6 is 0 Å². The van der Waals surface area contributed by atoms with Crippen molar-refractivity contribution < 1.29 is 4.39 Å². The highest BCUT2D eigenvalue weighted by Gasteiger charge is 2.42. The summed E-state index contributed by atoms with van der Waals surface area (Å²) < 4.78 is 15.1. The average Bonchev–Trinajstić information content (AvgIpc) is 3.06. The van der Waals surface area contributed by atoms with Crippen LogP contribution in [0, 0.1) is 11.7 Å². The van der Waals surface area contributed by atoms with Crippen LogP contribution < -0.4 is 5.73 Å². The summed E-state index contributed by atoms with van der Waals surface area (Å²) in [6.45, 7) is 2.02. The lowest BCUT2D eigenvalue weighted by molar-refractivity contribution is 0.391. The third kappa shape index (κ3) is 1.55. The van der Waals surface area contributed by atoms with Crippen molar-refractivity contribution in [3.63, 3.8) is 0 Å². The minimum Gasteiger partial charge on any atom is -0.329 e. The summed E-state index contributed by atoms with van der Waals surface area (Å²) in [7, 11) is 1.90. The lowest BCUT2D eigenvalue weighted by Gasteiger charge is -2.23. The fraction of sp³-hybridized carbons (Fsp3) is 0.462. The zero-order valence-electron chi connectivity index (χ0n) is 10.1. The summed E-state index contributed by atoms with van der Waals surface area (Å²) in [5.74, 6) is 1.11. The molecule has 2 N–H and O–H groups in total. The molecule has 4 heteroatoms. The standard InChI is InChI=1S/C13H16FN3/c1-13(15,8-3-4-8)12-16-10-6-5-9(14)7-11(10)17(12)2/h5-8H,3-4,15H2,1-2H3. The molecular formula is C13H16FN3. The zero-order valence-corrected chi connectivity index (χ0v) is 10.1. The molecule has 1 heterocycles. The maximum Gasteiger partial charge on any atom is 0.129 e. The van der Waals surface area contributed by atoms with Gasteiger partial charge in [-0.2, -0.15) is 0 Å². The molecule has 1 aliphatic carbocycles. The molecule has 90 valence electrons. The summed E-state index contributed by atoms with van der Waals surface area (Å²) >= 11 is 0. The topological polar surface area (TPSA) is 43.8 Å². The quantitative estimate of drug-likeness (QED) is 0.865. The fourth-order valence-electron chi connectivity index (χ4n) is 2.51. The van der Waals surface area contributed by atoms with Crippen LogP contribution in [0.4, 0.5) is 4.39 Å². The lowest BCUT2D eigenvalue weighted by atomic mass is 9.96. The van der Waals surface area contributed by atoms with E-state index in [2.05, 4.69) is 4.98 Å². The minimum atomic E-state index is -0.412. The van der Waals surface area contributed by atoms with Crippen molar-refractivity contribution in [1.29, 1.82) is 0 Å². The molecule has 2 aromatic rings. The van der Waals surface area contributed by atoms with Gasteiger partial charge in [-0.25, -0.2) is 9.37 Å². The second-order valence-corrected chi connectivity index (χ2v) is 5.18. The van der Waals surface area contributed by atoms with Gasteiger partial charge in [-0.15, -0.1) is 0 Å². The number of hydrogen-bond donors (Lipinski definition) is 1. The Morgan fingerprint density at radius 3 is 2.82 bits per heavy atom. The molecule has 1 aliphatic rings. The monoisotopic (exact) mass is 233 g/mol. The van der Waals surface area contributed by atoms with Gasteiger partial charge in [0.1, 0.15) is 11.6 Å². The smallest absolute Gasteiger partial charge is 0.129 e. The Morgan fingerprint density at radius 2 is 2.18 bits per heavy atom. The zero-order chi connectivity index (χ0) is 12.2. The molecule has 0 radical (unpaired) electrons. The van der Waals surface area contributed by atoms with Crippen molar-refractivity contribution in [2.75, 3.05) is 0 Å². The Kier molecular flexibility index (Phi) is 2.08. The van der Waals surface area contributed by atoms with E-state index in [4.69, 9.17) is 5.73 Å². The van der Waals surface area contributed by atoms with Gasteiger partial charge in [-0.1, -0.05) is 0 Å². The highest BCUT2D eigenvalue weighted by Crippen LogP contribution is 2.43. The molecule has 3 rings (SSSR count). The lowest BCUT2D eigenvalue weighted by Crippen LogP contribution is -2.38. The Balaban J connectivity index is 2.20. The van der Waals surface area contributed by atoms with Gasteiger partial charge in [0.25, 0.3) is 0 Å². The molecule has 1 aromatic heterocycles. The van der Waals surface area contributed by atoms with Crippen molar-refractivity contribution >= 4 is 11.0 Å². The Bertz CT molecular complexity index is 582. The highest BCUT2D eigenvalue weighted by atomic mass is 19.1. The van der Waals surface area contributed by atoms with Crippen LogP contribution in [-0.2, 0) is 12.6 Å². The molecule has 1 atom stereocenters. The van der Waals surface area contributed by atoms with E-state index in [1.165, 1.54) is 12.1 Å². The number of nitrogens with zero attached hydrogens (tertiary/aromatic N) is 2. The van der Waals surface area contributed by atoms with E-state index in [0.717, 1.165) is 29.7 Å². The van der Waals surface area contributed by atoms with Gasteiger partial charge in [-0.3, -0.25) is 0 Å². The van der Waals surface area contributed by atoms with Gasteiger partial charge in [0, 0.05) is 7.05 Å². The van der Waals surface area contributed by atoms with Crippen LogP contribution in [0.15, 0.2) is 18.2 Å². The molecular weight excluding hydrogens is 217 g/mol. The number of fused-ring (bicyclic) bond motifs is 1. The van der Waals surface area contributed by atoms with Crippen molar-refractivity contribution in [2.24, 2.45) is 18.7 Å². The second kappa shape index (κ2) is 3.29. The van der Waals surface area contributed by atoms with Gasteiger partial charge in [0.05, 0.1) is 16.6 Å². The first-order valence-corrected chi connectivity index (χ1v) is 5.91. The first-order valence-electron chi connectivity index (χ1n) is 5.91. The first kappa shape index (κ1) is 10.7. The van der Waals surface area contributed by atoms with Crippen molar-refractivity contribution in [3.8, 4) is 0 Å². The van der Waals surface area contributed by atoms with E-state index < -0.39 is 5.54 Å². The van der Waals surface area contributed by atoms with Crippen molar-refractivity contribution in [3.05, 3.63) is 29.8 Å². The molecule has 3 nitrogen and oxygen atoms in total. The van der Waals surface area contributed by atoms with Crippen molar-refractivity contribution in [2.45, 2.75) is 25.3 Å². The van der Waals surface area contributed by atoms with Crippen LogP contribution in [0.1, 0.15) is 25.6 Å². The van der Waals surface area contributed by atoms with Crippen LogP contribution in [0.5, 0.6) is 0 Å². The van der Waals surface area contributed by atoms with E-state index in [9.17, 15) is 4.39 Å². The maximum atomic E-state index is 13.2. The molecule has 1 unspecified atom stereocenters. The van der Waals surface area contributed by atoms with Gasteiger partial charge in [0.15, 0.2) is 0 Å². The molecule has 0 saturated heterocycles. The molecule has 0 amide bonds. The number of imidazole rings is 1. The van der Waals surface area contributed by atoms with E-state index in [-0.39, 0.29) is 5.82 Å². The fourth-order valence-corrected chi connectivity index (χ4v) is 2.51. The number of benzene rings is 1. The Morgan fingerprint density at radius 1 is 1.47 bits per heavy atom. The number of aryl methyl sites for hydroxylation is 1. The van der Waals surface area contributed by atoms with Crippen LogP contribution in [0.2, 0.25) is 0 Å². The predicted molar refractivity (Wildman–Crippen MR) is 64.9 cm³/mol. The Labute approximate surface area is 99.4 Å². The number of nitrogens with two attached hydrogens (primary N) is 1. The van der Waals surface area contributed by atoms with E-state index in [1.807, 2.05) is 18.5 Å². The third-order valence-corrected chi connectivity index (χ3v) is 3.75. The summed E-state index contributed by atoms with van der Waals surface area (Å²) in [6.07, 6.45) is 2.31. The molecule has 17 heavy (non-hydrogen) atoms. The SMILES string of the molecule is Cn1c(C(C)(N)C2CC2)nc2ccc(F)cc21. The average molecular weight is 233 g/mol. The number of halogens is 1. The van der Waals surface area contributed by atoms with E-state index in [0.29, 0.717) is 5.92 Å². The summed E-state index contributed by atoms with van der Waals surface area (Å²) in [5, 5.41) is 0. The third-order valence-electron chi connectivity index (χ3n) is 3.75. The van der Waals surface area contributed by atoms with Crippen molar-refractivity contribution in [1.82, 2.24) is 9.55 Å². The van der Waals surface area contributed by atoms with Gasteiger partial charge in [-0.05, 0) is 43.9 Å². The highest BCUT2D eigenvalue weighted by molar-refractivity contribution is 5.76. The summed E-state index contributed by atoms with van der Waals surface area (Å²) in [4.78, 5) is 4.56. The minimum absolute atomic E-state index is 0.239. The van der Waals surface area contributed by atoms with E-state index in [1.54, 1.807) is 6.07 Å². The molecule has 0 bridgehead atoms. The molecule has 0 aliphatic heterocycles. The first-order chi connectivity index (χ1) is 8.00. The molecule has 1 saturated carbocycles. The second-order valence-electron chi connectivity index (χ2n) is 5.18. The number of hydrogen-bond acceptors (Lipinski definition) is 2. The largest absolute Gasteiger partial charge is 0.329 e. The maximum absolute atomic E-state index is 13.2. The van der Waals surface area contributed by atoms with E-state index >= 15 is 0 Å². The molecule has 0 spiro atoms. The van der Waals surface area contributed by atoms with Gasteiger partial charge in [0.2, 0.25) is 0 Å². The number of aromatic nitrogens is 2.